The topological polar surface area (TPSA) is 17.1 Å². The monoisotopic (exact) mass is 172 g/mol. The minimum atomic E-state index is -0.360. The van der Waals surface area contributed by atoms with Crippen molar-refractivity contribution in [3.05, 3.63) is 48.6 Å². The van der Waals surface area contributed by atoms with Gasteiger partial charge < -0.3 is 0 Å². The third kappa shape index (κ3) is 1.04. The highest BCUT2D eigenvalue weighted by Gasteiger charge is 2.44. The van der Waals surface area contributed by atoms with Gasteiger partial charge in [-0.1, -0.05) is 36.4 Å². The van der Waals surface area contributed by atoms with E-state index in [0.29, 0.717) is 12.2 Å². The summed E-state index contributed by atoms with van der Waals surface area (Å²) in [6.45, 7) is 3.76. The Morgan fingerprint density at radius 1 is 1.31 bits per heavy atom. The van der Waals surface area contributed by atoms with Crippen LogP contribution in [0.5, 0.6) is 0 Å². The van der Waals surface area contributed by atoms with E-state index in [1.165, 1.54) is 0 Å². The average molecular weight is 172 g/mol. The van der Waals surface area contributed by atoms with Crippen molar-refractivity contribution in [2.75, 3.05) is 0 Å². The lowest BCUT2D eigenvalue weighted by molar-refractivity contribution is -0.129. The molecule has 1 nitrogen and oxygen atoms in total. The van der Waals surface area contributed by atoms with Crippen molar-refractivity contribution >= 4 is 5.78 Å². The predicted molar refractivity (Wildman–Crippen MR) is 52.6 cm³/mol. The van der Waals surface area contributed by atoms with Gasteiger partial charge in [-0.25, -0.2) is 0 Å². The van der Waals surface area contributed by atoms with Crippen LogP contribution < -0.4 is 0 Å². The second-order valence-electron chi connectivity index (χ2n) is 3.46. The van der Waals surface area contributed by atoms with Crippen LogP contribution in [0.25, 0.3) is 0 Å². The van der Waals surface area contributed by atoms with Crippen LogP contribution in [0.3, 0.4) is 0 Å². The number of rotatable bonds is 2. The zero-order valence-corrected chi connectivity index (χ0v) is 7.49. The molecule has 0 N–H and O–H groups in total. The minimum Gasteiger partial charge on any atom is -0.298 e. The zero-order chi connectivity index (χ0) is 9.31. The lowest BCUT2D eigenvalue weighted by Crippen LogP contribution is -2.42. The maximum atomic E-state index is 11.5. The summed E-state index contributed by atoms with van der Waals surface area (Å²) in [7, 11) is 0. The predicted octanol–water partition coefficient (Wildman–Crippen LogP) is 2.47. The van der Waals surface area contributed by atoms with E-state index in [1.54, 1.807) is 6.08 Å². The molecule has 0 amide bonds. The molecule has 1 saturated carbocycles. The van der Waals surface area contributed by atoms with E-state index in [2.05, 4.69) is 6.58 Å². The Hall–Kier alpha value is -1.37. The molecule has 0 saturated heterocycles. The third-order valence-corrected chi connectivity index (χ3v) is 2.88. The van der Waals surface area contributed by atoms with Gasteiger partial charge in [-0.15, -0.1) is 6.58 Å². The first-order valence-corrected chi connectivity index (χ1v) is 4.52. The first-order chi connectivity index (χ1) is 6.29. The number of Topliss-reactive ketones (excluding diaryl/α,β-unsaturated/α-hetero) is 1. The molecule has 13 heavy (non-hydrogen) atoms. The molecule has 1 aliphatic rings. The van der Waals surface area contributed by atoms with E-state index in [1.807, 2.05) is 30.3 Å². The number of ketones is 1. The normalized spacial score (nSPS) is 26.6. The fourth-order valence-electron chi connectivity index (χ4n) is 1.87. The summed E-state index contributed by atoms with van der Waals surface area (Å²) in [5.41, 5.74) is 0.725. The number of hydrogen-bond donors (Lipinski definition) is 0. The van der Waals surface area contributed by atoms with Crippen LogP contribution in [-0.2, 0) is 10.2 Å². The van der Waals surface area contributed by atoms with E-state index < -0.39 is 0 Å². The highest BCUT2D eigenvalue weighted by molar-refractivity contribution is 5.97. The summed E-state index contributed by atoms with van der Waals surface area (Å²) in [6.07, 6.45) is 3.40. The molecule has 2 rings (SSSR count). The summed E-state index contributed by atoms with van der Waals surface area (Å²) in [4.78, 5) is 11.5. The van der Waals surface area contributed by atoms with Crippen LogP contribution in [0.2, 0.25) is 0 Å². The Labute approximate surface area is 78.1 Å². The molecule has 0 radical (unpaired) electrons. The molecule has 0 spiro atoms. The van der Waals surface area contributed by atoms with Crippen molar-refractivity contribution in [1.82, 2.24) is 0 Å². The van der Waals surface area contributed by atoms with Crippen LogP contribution in [0, 0.1) is 0 Å². The maximum absolute atomic E-state index is 11.5. The first-order valence-electron chi connectivity index (χ1n) is 4.52. The summed E-state index contributed by atoms with van der Waals surface area (Å²) in [5.74, 6) is 0.300. The summed E-state index contributed by atoms with van der Waals surface area (Å²) < 4.78 is 0. The first kappa shape index (κ1) is 8.24. The van der Waals surface area contributed by atoms with Gasteiger partial charge in [-0.3, -0.25) is 4.79 Å². The Kier molecular flexibility index (Phi) is 1.80. The highest BCUT2D eigenvalue weighted by Crippen LogP contribution is 2.41. The van der Waals surface area contributed by atoms with Crippen molar-refractivity contribution in [3.8, 4) is 0 Å². The smallest absolute Gasteiger partial charge is 0.147 e. The van der Waals surface area contributed by atoms with Crippen molar-refractivity contribution in [3.63, 3.8) is 0 Å². The third-order valence-electron chi connectivity index (χ3n) is 2.88. The number of benzene rings is 1. The number of carbonyl (C=O) groups excluding carboxylic acids is 1. The van der Waals surface area contributed by atoms with E-state index in [4.69, 9.17) is 0 Å². The van der Waals surface area contributed by atoms with Gasteiger partial charge in [0.1, 0.15) is 5.78 Å². The van der Waals surface area contributed by atoms with E-state index >= 15 is 0 Å². The molecule has 1 aromatic rings. The van der Waals surface area contributed by atoms with Crippen LogP contribution in [0.4, 0.5) is 0 Å². The number of carbonyl (C=O) groups is 1. The van der Waals surface area contributed by atoms with Crippen molar-refractivity contribution in [2.45, 2.75) is 18.3 Å². The molecular formula is C12H12O. The maximum Gasteiger partial charge on any atom is 0.147 e. The van der Waals surface area contributed by atoms with Gasteiger partial charge in [0.05, 0.1) is 5.41 Å². The Morgan fingerprint density at radius 3 is 2.38 bits per heavy atom. The van der Waals surface area contributed by atoms with Crippen molar-refractivity contribution < 1.29 is 4.79 Å². The van der Waals surface area contributed by atoms with Crippen LogP contribution in [-0.4, -0.2) is 5.78 Å². The molecular weight excluding hydrogens is 160 g/mol. The standard InChI is InChI=1S/C12H12O/c1-2-12(9-8-11(12)13)10-6-4-3-5-7-10/h2-7H,1,8-9H2. The van der Waals surface area contributed by atoms with Gasteiger partial charge in [-0.2, -0.15) is 0 Å². The molecule has 66 valence electrons. The second kappa shape index (κ2) is 2.84. The highest BCUT2D eigenvalue weighted by atomic mass is 16.1. The molecule has 1 aliphatic carbocycles. The molecule has 1 heteroatoms. The summed E-state index contributed by atoms with van der Waals surface area (Å²) in [6, 6.07) is 9.89. The summed E-state index contributed by atoms with van der Waals surface area (Å²) >= 11 is 0. The van der Waals surface area contributed by atoms with Gasteiger partial charge in [0.25, 0.3) is 0 Å². The number of allylic oxidation sites excluding steroid dienone is 1. The van der Waals surface area contributed by atoms with E-state index in [0.717, 1.165) is 12.0 Å². The fourth-order valence-corrected chi connectivity index (χ4v) is 1.87. The molecule has 0 aliphatic heterocycles. The zero-order valence-electron chi connectivity index (χ0n) is 7.49. The Balaban J connectivity index is 2.44. The van der Waals surface area contributed by atoms with Gasteiger partial charge >= 0.3 is 0 Å². The Morgan fingerprint density at radius 2 is 2.00 bits per heavy atom. The minimum absolute atomic E-state index is 0.300. The van der Waals surface area contributed by atoms with Crippen LogP contribution in [0.15, 0.2) is 43.0 Å². The molecule has 1 unspecified atom stereocenters. The lowest BCUT2D eigenvalue weighted by Gasteiger charge is -2.37. The van der Waals surface area contributed by atoms with Gasteiger partial charge in [-0.05, 0) is 12.0 Å². The van der Waals surface area contributed by atoms with Crippen LogP contribution in [0.1, 0.15) is 18.4 Å². The van der Waals surface area contributed by atoms with Gasteiger partial charge in [0.2, 0.25) is 0 Å². The van der Waals surface area contributed by atoms with Crippen LogP contribution >= 0.6 is 0 Å². The molecule has 1 fully saturated rings. The second-order valence-corrected chi connectivity index (χ2v) is 3.46. The summed E-state index contributed by atoms with van der Waals surface area (Å²) in [5, 5.41) is 0. The molecule has 0 heterocycles. The molecule has 0 bridgehead atoms. The van der Waals surface area contributed by atoms with E-state index in [9.17, 15) is 4.79 Å². The van der Waals surface area contributed by atoms with Gasteiger partial charge in [0.15, 0.2) is 0 Å². The van der Waals surface area contributed by atoms with Crippen molar-refractivity contribution in [2.24, 2.45) is 0 Å². The molecule has 1 atom stereocenters. The molecule has 0 aromatic heterocycles. The largest absolute Gasteiger partial charge is 0.298 e. The van der Waals surface area contributed by atoms with Crippen molar-refractivity contribution in [1.29, 1.82) is 0 Å². The lowest BCUT2D eigenvalue weighted by atomic mass is 9.63. The molecule has 1 aromatic carbocycles. The SMILES string of the molecule is C=CC1(c2ccccc2)CCC1=O. The number of hydrogen-bond acceptors (Lipinski definition) is 1. The quantitative estimate of drug-likeness (QED) is 0.626. The average Bonchev–Trinajstić information content (AvgIpc) is 2.19. The Bertz CT molecular complexity index is 339. The fraction of sp³-hybridized carbons (Fsp3) is 0.250. The van der Waals surface area contributed by atoms with Gasteiger partial charge in [0, 0.05) is 6.42 Å². The van der Waals surface area contributed by atoms with E-state index in [-0.39, 0.29) is 5.41 Å².